The second-order valence-corrected chi connectivity index (χ2v) is 2.91. The highest BCUT2D eigenvalue weighted by atomic mass is 16.5. The van der Waals surface area contributed by atoms with Gasteiger partial charge in [-0.2, -0.15) is 0 Å². The van der Waals surface area contributed by atoms with E-state index in [9.17, 15) is 4.79 Å². The number of methoxy groups -OCH3 is 2. The van der Waals surface area contributed by atoms with Crippen molar-refractivity contribution in [3.05, 3.63) is 11.8 Å². The van der Waals surface area contributed by atoms with Crippen molar-refractivity contribution in [1.82, 2.24) is 0 Å². The third-order valence-electron chi connectivity index (χ3n) is 2.05. The second-order valence-electron chi connectivity index (χ2n) is 2.91. The minimum Gasteiger partial charge on any atom is -0.501 e. The van der Waals surface area contributed by atoms with E-state index in [1.807, 2.05) is 0 Å². The van der Waals surface area contributed by atoms with E-state index in [0.717, 1.165) is 12.2 Å². The number of carbonyl (C=O) groups is 1. The standard InChI is InChI=1S/C9H14O3/c1-11-6-7-3-4-8(10)5-9(7)12-2/h5,7H,3-4,6H2,1-2H3. The Kier molecular flexibility index (Phi) is 3.29. The molecule has 1 unspecified atom stereocenters. The second kappa shape index (κ2) is 4.26. The van der Waals surface area contributed by atoms with Gasteiger partial charge >= 0.3 is 0 Å². The Bertz CT molecular complexity index is 196. The molecule has 3 heteroatoms. The molecule has 0 aromatic carbocycles. The van der Waals surface area contributed by atoms with Gasteiger partial charge in [0.05, 0.1) is 13.7 Å². The lowest BCUT2D eigenvalue weighted by atomic mass is 9.94. The van der Waals surface area contributed by atoms with Gasteiger partial charge in [-0.25, -0.2) is 0 Å². The first-order chi connectivity index (χ1) is 5.77. The van der Waals surface area contributed by atoms with Crippen molar-refractivity contribution >= 4 is 5.78 Å². The zero-order valence-electron chi connectivity index (χ0n) is 7.50. The van der Waals surface area contributed by atoms with Crippen LogP contribution >= 0.6 is 0 Å². The summed E-state index contributed by atoms with van der Waals surface area (Å²) in [4.78, 5) is 11.0. The molecule has 3 nitrogen and oxygen atoms in total. The van der Waals surface area contributed by atoms with E-state index in [1.54, 1.807) is 20.3 Å². The van der Waals surface area contributed by atoms with E-state index in [0.29, 0.717) is 13.0 Å². The molecule has 0 saturated heterocycles. The van der Waals surface area contributed by atoms with Crippen molar-refractivity contribution < 1.29 is 14.3 Å². The van der Waals surface area contributed by atoms with Crippen molar-refractivity contribution in [2.75, 3.05) is 20.8 Å². The maximum atomic E-state index is 11.0. The van der Waals surface area contributed by atoms with Gasteiger partial charge in [0.1, 0.15) is 5.76 Å². The number of hydrogen-bond acceptors (Lipinski definition) is 3. The minimum absolute atomic E-state index is 0.152. The first kappa shape index (κ1) is 9.26. The number of ether oxygens (including phenoxy) is 2. The molecule has 1 atom stereocenters. The summed E-state index contributed by atoms with van der Waals surface area (Å²) in [6.45, 7) is 0.632. The van der Waals surface area contributed by atoms with E-state index < -0.39 is 0 Å². The van der Waals surface area contributed by atoms with E-state index in [-0.39, 0.29) is 11.7 Å². The van der Waals surface area contributed by atoms with Crippen LogP contribution < -0.4 is 0 Å². The summed E-state index contributed by atoms with van der Waals surface area (Å²) in [5, 5.41) is 0. The maximum Gasteiger partial charge on any atom is 0.159 e. The zero-order valence-corrected chi connectivity index (χ0v) is 7.50. The Hall–Kier alpha value is -0.830. The van der Waals surface area contributed by atoms with Gasteiger partial charge in [-0.1, -0.05) is 0 Å². The third-order valence-corrected chi connectivity index (χ3v) is 2.05. The molecule has 68 valence electrons. The van der Waals surface area contributed by atoms with E-state index in [4.69, 9.17) is 9.47 Å². The molecule has 1 aliphatic carbocycles. The molecule has 0 N–H and O–H groups in total. The molecule has 0 spiro atoms. The largest absolute Gasteiger partial charge is 0.501 e. The summed E-state index contributed by atoms with van der Waals surface area (Å²) in [7, 11) is 3.25. The smallest absolute Gasteiger partial charge is 0.159 e. The van der Waals surface area contributed by atoms with Gasteiger partial charge in [-0.05, 0) is 6.42 Å². The normalized spacial score (nSPS) is 23.7. The lowest BCUT2D eigenvalue weighted by molar-refractivity contribution is -0.115. The van der Waals surface area contributed by atoms with E-state index in [1.165, 1.54) is 0 Å². The Balaban J connectivity index is 2.63. The predicted molar refractivity (Wildman–Crippen MR) is 44.7 cm³/mol. The summed E-state index contributed by atoms with van der Waals surface area (Å²) < 4.78 is 10.1. The maximum absolute atomic E-state index is 11.0. The molecule has 1 aliphatic rings. The fourth-order valence-electron chi connectivity index (χ4n) is 1.40. The van der Waals surface area contributed by atoms with Crippen LogP contribution in [0.15, 0.2) is 11.8 Å². The fourth-order valence-corrected chi connectivity index (χ4v) is 1.40. The quantitative estimate of drug-likeness (QED) is 0.637. The van der Waals surface area contributed by atoms with Gasteiger partial charge in [-0.15, -0.1) is 0 Å². The average molecular weight is 170 g/mol. The number of ketones is 1. The molecule has 0 aromatic heterocycles. The van der Waals surface area contributed by atoms with Crippen LogP contribution in [0.1, 0.15) is 12.8 Å². The number of allylic oxidation sites excluding steroid dienone is 1. The molecule has 0 saturated carbocycles. The van der Waals surface area contributed by atoms with E-state index >= 15 is 0 Å². The van der Waals surface area contributed by atoms with Crippen LogP contribution in [0.3, 0.4) is 0 Å². The molecular formula is C9H14O3. The number of carbonyl (C=O) groups excluding carboxylic acids is 1. The fraction of sp³-hybridized carbons (Fsp3) is 0.667. The van der Waals surface area contributed by atoms with Crippen LogP contribution in [-0.4, -0.2) is 26.6 Å². The number of hydrogen-bond donors (Lipinski definition) is 0. The Morgan fingerprint density at radius 1 is 1.58 bits per heavy atom. The van der Waals surface area contributed by atoms with Gasteiger partial charge in [0.2, 0.25) is 0 Å². The third kappa shape index (κ3) is 2.08. The van der Waals surface area contributed by atoms with Gasteiger partial charge in [0.15, 0.2) is 5.78 Å². The van der Waals surface area contributed by atoms with Crippen molar-refractivity contribution in [2.24, 2.45) is 5.92 Å². The molecule has 0 aliphatic heterocycles. The topological polar surface area (TPSA) is 35.5 Å². The van der Waals surface area contributed by atoms with Crippen molar-refractivity contribution in [2.45, 2.75) is 12.8 Å². The highest BCUT2D eigenvalue weighted by molar-refractivity contribution is 5.90. The van der Waals surface area contributed by atoms with Crippen LogP contribution in [0.25, 0.3) is 0 Å². The van der Waals surface area contributed by atoms with Crippen LogP contribution in [0.4, 0.5) is 0 Å². The summed E-state index contributed by atoms with van der Waals surface area (Å²) in [6.07, 6.45) is 3.03. The van der Waals surface area contributed by atoms with Crippen LogP contribution in [-0.2, 0) is 14.3 Å². The predicted octanol–water partition coefficient (Wildman–Crippen LogP) is 1.14. The molecule has 0 radical (unpaired) electrons. The molecule has 1 rings (SSSR count). The van der Waals surface area contributed by atoms with Crippen LogP contribution in [0.5, 0.6) is 0 Å². The summed E-state index contributed by atoms with van der Waals surface area (Å²) in [6, 6.07) is 0. The molecule has 0 amide bonds. The van der Waals surface area contributed by atoms with Crippen LogP contribution in [0.2, 0.25) is 0 Å². The zero-order chi connectivity index (χ0) is 8.97. The first-order valence-electron chi connectivity index (χ1n) is 4.05. The molecule has 0 fully saturated rings. The number of rotatable bonds is 3. The lowest BCUT2D eigenvalue weighted by Crippen LogP contribution is -2.19. The van der Waals surface area contributed by atoms with Crippen molar-refractivity contribution in [1.29, 1.82) is 0 Å². The molecular weight excluding hydrogens is 156 g/mol. The Labute approximate surface area is 72.4 Å². The summed E-state index contributed by atoms with van der Waals surface area (Å²) in [5.74, 6) is 1.17. The summed E-state index contributed by atoms with van der Waals surface area (Å²) in [5.41, 5.74) is 0. The molecule has 0 bridgehead atoms. The van der Waals surface area contributed by atoms with Gasteiger partial charge < -0.3 is 9.47 Å². The summed E-state index contributed by atoms with van der Waals surface area (Å²) >= 11 is 0. The molecule has 12 heavy (non-hydrogen) atoms. The molecule has 0 heterocycles. The van der Waals surface area contributed by atoms with Gasteiger partial charge in [-0.3, -0.25) is 4.79 Å². The molecule has 0 aromatic rings. The Morgan fingerprint density at radius 2 is 2.33 bits per heavy atom. The van der Waals surface area contributed by atoms with Gasteiger partial charge in [0, 0.05) is 25.5 Å². The van der Waals surface area contributed by atoms with Gasteiger partial charge in [0.25, 0.3) is 0 Å². The van der Waals surface area contributed by atoms with E-state index in [2.05, 4.69) is 0 Å². The Morgan fingerprint density at radius 3 is 2.92 bits per heavy atom. The van der Waals surface area contributed by atoms with Crippen LogP contribution in [0, 0.1) is 5.92 Å². The highest BCUT2D eigenvalue weighted by Crippen LogP contribution is 2.23. The lowest BCUT2D eigenvalue weighted by Gasteiger charge is -2.21. The van der Waals surface area contributed by atoms with Crippen molar-refractivity contribution in [3.8, 4) is 0 Å². The SMILES string of the molecule is COCC1CCC(=O)C=C1OC. The first-order valence-corrected chi connectivity index (χ1v) is 4.05. The monoisotopic (exact) mass is 170 g/mol. The highest BCUT2D eigenvalue weighted by Gasteiger charge is 2.21. The minimum atomic E-state index is 0.152. The average Bonchev–Trinajstić information content (AvgIpc) is 2.08. The van der Waals surface area contributed by atoms with Crippen molar-refractivity contribution in [3.63, 3.8) is 0 Å².